The summed E-state index contributed by atoms with van der Waals surface area (Å²) in [6.07, 6.45) is 12.1. The first-order valence-corrected chi connectivity index (χ1v) is 8.52. The summed E-state index contributed by atoms with van der Waals surface area (Å²) in [6, 6.07) is 0.554. The number of nitrogens with one attached hydrogen (secondary N) is 1. The van der Waals surface area contributed by atoms with Gasteiger partial charge < -0.3 is 10.2 Å². The van der Waals surface area contributed by atoms with Crippen molar-refractivity contribution in [1.29, 1.82) is 0 Å². The molecule has 2 fully saturated rings. The number of rotatable bonds is 3. The van der Waals surface area contributed by atoms with Gasteiger partial charge >= 0.3 is 0 Å². The van der Waals surface area contributed by atoms with Crippen molar-refractivity contribution in [3.63, 3.8) is 0 Å². The van der Waals surface area contributed by atoms with Crippen LogP contribution >= 0.6 is 0 Å². The standard InChI is InChI=1S/C16H27N5/c1-13-8-10-21(11-9-13)16-19-15(12-17-20-16)18-14-6-4-2-3-5-7-14/h12-14H,2-11H2,1H3,(H,18,19,20). The second-order valence-electron chi connectivity index (χ2n) is 6.64. The zero-order valence-corrected chi connectivity index (χ0v) is 13.1. The highest BCUT2D eigenvalue weighted by Gasteiger charge is 2.19. The summed E-state index contributed by atoms with van der Waals surface area (Å²) in [6.45, 7) is 4.42. The quantitative estimate of drug-likeness (QED) is 0.866. The Morgan fingerprint density at radius 3 is 2.48 bits per heavy atom. The normalized spacial score (nSPS) is 22.0. The molecule has 1 aliphatic heterocycles. The van der Waals surface area contributed by atoms with Gasteiger partial charge in [-0.3, -0.25) is 0 Å². The molecule has 1 aromatic rings. The maximum absolute atomic E-state index is 4.69. The second kappa shape index (κ2) is 7.05. The van der Waals surface area contributed by atoms with Crippen LogP contribution in [-0.2, 0) is 0 Å². The molecule has 0 unspecified atom stereocenters. The molecule has 1 saturated heterocycles. The summed E-state index contributed by atoms with van der Waals surface area (Å²) in [5.74, 6) is 2.51. The average molecular weight is 289 g/mol. The number of hydrogen-bond donors (Lipinski definition) is 1. The van der Waals surface area contributed by atoms with Crippen molar-refractivity contribution in [2.75, 3.05) is 23.3 Å². The molecule has 1 saturated carbocycles. The zero-order chi connectivity index (χ0) is 14.5. The Balaban J connectivity index is 1.62. The smallest absolute Gasteiger partial charge is 0.247 e. The van der Waals surface area contributed by atoms with Gasteiger partial charge in [0.1, 0.15) is 0 Å². The number of anilines is 2. The Labute approximate surface area is 127 Å². The van der Waals surface area contributed by atoms with Crippen molar-refractivity contribution in [1.82, 2.24) is 15.2 Å². The lowest BCUT2D eigenvalue weighted by Gasteiger charge is -2.30. The lowest BCUT2D eigenvalue weighted by molar-refractivity contribution is 0.433. The summed E-state index contributed by atoms with van der Waals surface area (Å²) in [4.78, 5) is 6.96. The molecule has 2 aliphatic rings. The Hall–Kier alpha value is -1.39. The fourth-order valence-corrected chi connectivity index (χ4v) is 3.34. The van der Waals surface area contributed by atoms with E-state index in [1.165, 1.54) is 51.4 Å². The highest BCUT2D eigenvalue weighted by molar-refractivity contribution is 5.39. The Morgan fingerprint density at radius 1 is 1.05 bits per heavy atom. The number of aromatic nitrogens is 3. The molecule has 0 radical (unpaired) electrons. The molecule has 0 spiro atoms. The molecular weight excluding hydrogens is 262 g/mol. The molecule has 0 amide bonds. The van der Waals surface area contributed by atoms with Gasteiger partial charge in [0.2, 0.25) is 5.95 Å². The zero-order valence-electron chi connectivity index (χ0n) is 13.1. The summed E-state index contributed by atoms with van der Waals surface area (Å²) < 4.78 is 0. The van der Waals surface area contributed by atoms with Crippen LogP contribution in [0.25, 0.3) is 0 Å². The van der Waals surface area contributed by atoms with E-state index in [1.54, 1.807) is 6.20 Å². The third-order valence-corrected chi connectivity index (χ3v) is 4.82. The molecule has 3 rings (SSSR count). The van der Waals surface area contributed by atoms with E-state index in [-0.39, 0.29) is 0 Å². The van der Waals surface area contributed by atoms with Gasteiger partial charge in [-0.2, -0.15) is 10.1 Å². The van der Waals surface area contributed by atoms with Crippen LogP contribution < -0.4 is 10.2 Å². The topological polar surface area (TPSA) is 53.9 Å². The van der Waals surface area contributed by atoms with Gasteiger partial charge in [-0.1, -0.05) is 32.6 Å². The molecule has 5 nitrogen and oxygen atoms in total. The van der Waals surface area contributed by atoms with Crippen LogP contribution in [0.15, 0.2) is 6.20 Å². The van der Waals surface area contributed by atoms with Crippen LogP contribution in [0, 0.1) is 5.92 Å². The van der Waals surface area contributed by atoms with Gasteiger partial charge in [0.15, 0.2) is 5.82 Å². The monoisotopic (exact) mass is 289 g/mol. The molecule has 1 N–H and O–H groups in total. The maximum atomic E-state index is 4.69. The minimum atomic E-state index is 0.554. The molecule has 2 heterocycles. The van der Waals surface area contributed by atoms with E-state index in [2.05, 4.69) is 32.3 Å². The van der Waals surface area contributed by atoms with Crippen molar-refractivity contribution < 1.29 is 0 Å². The van der Waals surface area contributed by atoms with Crippen LogP contribution in [0.1, 0.15) is 58.3 Å². The predicted molar refractivity (Wildman–Crippen MR) is 85.6 cm³/mol. The van der Waals surface area contributed by atoms with Crippen molar-refractivity contribution in [3.8, 4) is 0 Å². The first-order chi connectivity index (χ1) is 10.3. The summed E-state index contributed by atoms with van der Waals surface area (Å²) in [7, 11) is 0. The minimum Gasteiger partial charge on any atom is -0.366 e. The van der Waals surface area contributed by atoms with Crippen molar-refractivity contribution >= 4 is 11.8 Å². The van der Waals surface area contributed by atoms with Gasteiger partial charge in [0, 0.05) is 19.1 Å². The third kappa shape index (κ3) is 4.05. The molecule has 1 aromatic heterocycles. The first-order valence-electron chi connectivity index (χ1n) is 8.52. The van der Waals surface area contributed by atoms with Crippen LogP contribution in [0.4, 0.5) is 11.8 Å². The number of hydrogen-bond acceptors (Lipinski definition) is 5. The summed E-state index contributed by atoms with van der Waals surface area (Å²) in [5.41, 5.74) is 0. The van der Waals surface area contributed by atoms with E-state index in [4.69, 9.17) is 0 Å². The highest BCUT2D eigenvalue weighted by Crippen LogP contribution is 2.22. The van der Waals surface area contributed by atoms with Crippen LogP contribution in [0.2, 0.25) is 0 Å². The van der Waals surface area contributed by atoms with Gasteiger partial charge in [0.25, 0.3) is 0 Å². The van der Waals surface area contributed by atoms with Crippen molar-refractivity contribution in [3.05, 3.63) is 6.20 Å². The SMILES string of the molecule is CC1CCN(c2nncc(NC3CCCCCC3)n2)CC1. The van der Waals surface area contributed by atoms with E-state index in [9.17, 15) is 0 Å². The molecule has 21 heavy (non-hydrogen) atoms. The van der Waals surface area contributed by atoms with Crippen molar-refractivity contribution in [2.45, 2.75) is 64.3 Å². The van der Waals surface area contributed by atoms with E-state index in [0.29, 0.717) is 6.04 Å². The fraction of sp³-hybridized carbons (Fsp3) is 0.812. The Morgan fingerprint density at radius 2 is 1.76 bits per heavy atom. The van der Waals surface area contributed by atoms with Gasteiger partial charge in [-0.05, 0) is 31.6 Å². The molecule has 0 bridgehead atoms. The molecule has 116 valence electrons. The Kier molecular flexibility index (Phi) is 4.88. The van der Waals surface area contributed by atoms with Gasteiger partial charge in [0.05, 0.1) is 6.20 Å². The molecule has 0 atom stereocenters. The predicted octanol–water partition coefficient (Wildman–Crippen LogP) is 3.24. The van der Waals surface area contributed by atoms with E-state index in [0.717, 1.165) is 30.8 Å². The molecule has 5 heteroatoms. The number of piperidine rings is 1. The summed E-state index contributed by atoms with van der Waals surface area (Å²) >= 11 is 0. The fourth-order valence-electron chi connectivity index (χ4n) is 3.34. The number of nitrogens with zero attached hydrogens (tertiary/aromatic N) is 4. The largest absolute Gasteiger partial charge is 0.366 e. The van der Waals surface area contributed by atoms with Crippen LogP contribution in [-0.4, -0.2) is 34.3 Å². The minimum absolute atomic E-state index is 0.554. The highest BCUT2D eigenvalue weighted by atomic mass is 15.3. The van der Waals surface area contributed by atoms with Gasteiger partial charge in [-0.25, -0.2) is 0 Å². The lowest BCUT2D eigenvalue weighted by Crippen LogP contribution is -2.34. The molecule has 0 aromatic carbocycles. The molecular formula is C16H27N5. The van der Waals surface area contributed by atoms with Crippen LogP contribution in [0.5, 0.6) is 0 Å². The second-order valence-corrected chi connectivity index (χ2v) is 6.64. The van der Waals surface area contributed by atoms with E-state index < -0.39 is 0 Å². The molecule has 1 aliphatic carbocycles. The van der Waals surface area contributed by atoms with E-state index >= 15 is 0 Å². The van der Waals surface area contributed by atoms with Crippen LogP contribution in [0.3, 0.4) is 0 Å². The lowest BCUT2D eigenvalue weighted by atomic mass is 10.00. The average Bonchev–Trinajstić information content (AvgIpc) is 2.77. The third-order valence-electron chi connectivity index (χ3n) is 4.82. The van der Waals surface area contributed by atoms with Crippen molar-refractivity contribution in [2.24, 2.45) is 5.92 Å². The van der Waals surface area contributed by atoms with E-state index in [1.807, 2.05) is 0 Å². The Bertz CT molecular complexity index is 434. The van der Waals surface area contributed by atoms with Gasteiger partial charge in [-0.15, -0.1) is 5.10 Å². The first kappa shape index (κ1) is 14.5. The summed E-state index contributed by atoms with van der Waals surface area (Å²) in [5, 5.41) is 11.9. The maximum Gasteiger partial charge on any atom is 0.247 e.